The molecule has 4 nitrogen and oxygen atoms in total. The van der Waals surface area contributed by atoms with E-state index in [4.69, 9.17) is 4.74 Å². The van der Waals surface area contributed by atoms with Crippen molar-refractivity contribution in [2.24, 2.45) is 0 Å². The Hall–Kier alpha value is -2.33. The third-order valence-corrected chi connectivity index (χ3v) is 4.23. The third-order valence-electron chi connectivity index (χ3n) is 4.23. The van der Waals surface area contributed by atoms with Crippen LogP contribution in [-0.2, 0) is 11.3 Å². The van der Waals surface area contributed by atoms with Crippen molar-refractivity contribution in [1.82, 2.24) is 0 Å². The molecule has 0 saturated carbocycles. The lowest BCUT2D eigenvalue weighted by Crippen LogP contribution is -3.07. The second kappa shape index (κ2) is 10.5. The lowest BCUT2D eigenvalue weighted by Gasteiger charge is -2.14. The van der Waals surface area contributed by atoms with Crippen LogP contribution in [0.1, 0.15) is 31.2 Å². The molecule has 1 atom stereocenters. The number of unbranched alkanes of at least 4 members (excludes halogenated alkanes) is 2. The minimum Gasteiger partial charge on any atom is -0.497 e. The van der Waals surface area contributed by atoms with Crippen LogP contribution in [0.2, 0.25) is 0 Å². The summed E-state index contributed by atoms with van der Waals surface area (Å²) in [6.45, 7) is 2.13. The first-order chi connectivity index (χ1) is 12.2. The number of para-hydroxylation sites is 1. The third kappa shape index (κ3) is 7.40. The van der Waals surface area contributed by atoms with Crippen molar-refractivity contribution in [2.75, 3.05) is 26.0 Å². The van der Waals surface area contributed by atoms with Crippen LogP contribution < -0.4 is 15.0 Å². The molecule has 25 heavy (non-hydrogen) atoms. The monoisotopic (exact) mass is 341 g/mol. The number of carbonyl (C=O) groups is 1. The lowest BCUT2D eigenvalue weighted by atomic mass is 10.1. The van der Waals surface area contributed by atoms with Gasteiger partial charge < -0.3 is 15.0 Å². The molecule has 0 bridgehead atoms. The predicted octanol–water partition coefficient (Wildman–Crippen LogP) is 2.91. The topological polar surface area (TPSA) is 42.8 Å². The van der Waals surface area contributed by atoms with Gasteiger partial charge in [0, 0.05) is 17.7 Å². The van der Waals surface area contributed by atoms with Crippen molar-refractivity contribution < 1.29 is 14.4 Å². The van der Waals surface area contributed by atoms with E-state index in [0.717, 1.165) is 43.8 Å². The molecule has 2 rings (SSSR count). The molecule has 0 aliphatic heterocycles. The van der Waals surface area contributed by atoms with E-state index in [0.29, 0.717) is 6.42 Å². The standard InChI is InChI=1S/C21H28N2O2/c1-23(17-18-12-14-20(25-2)15-13-18)16-8-4-7-11-21(24)22-19-9-5-3-6-10-19/h3,5-6,9-10,12-15H,4,7-8,11,16-17H2,1-2H3,(H,22,24)/p+1. The summed E-state index contributed by atoms with van der Waals surface area (Å²) in [7, 11) is 3.90. The Morgan fingerprint density at radius 2 is 1.72 bits per heavy atom. The zero-order valence-electron chi connectivity index (χ0n) is 15.3. The summed E-state index contributed by atoms with van der Waals surface area (Å²) < 4.78 is 5.18. The smallest absolute Gasteiger partial charge is 0.224 e. The van der Waals surface area contributed by atoms with Crippen LogP contribution in [0.3, 0.4) is 0 Å². The highest BCUT2D eigenvalue weighted by atomic mass is 16.5. The maximum Gasteiger partial charge on any atom is 0.224 e. The number of methoxy groups -OCH3 is 1. The Balaban J connectivity index is 1.56. The summed E-state index contributed by atoms with van der Waals surface area (Å²) in [5.74, 6) is 1.00. The first kappa shape index (κ1) is 19.0. The lowest BCUT2D eigenvalue weighted by molar-refractivity contribution is -0.894. The number of carbonyl (C=O) groups excluding carboxylic acids is 1. The Kier molecular flexibility index (Phi) is 7.99. The van der Waals surface area contributed by atoms with Gasteiger partial charge in [-0.25, -0.2) is 0 Å². The van der Waals surface area contributed by atoms with Gasteiger partial charge in [-0.05, 0) is 55.7 Å². The summed E-state index contributed by atoms with van der Waals surface area (Å²) in [6.07, 6.45) is 3.75. The second-order valence-electron chi connectivity index (χ2n) is 6.46. The van der Waals surface area contributed by atoms with Gasteiger partial charge in [0.25, 0.3) is 0 Å². The van der Waals surface area contributed by atoms with E-state index < -0.39 is 0 Å². The Morgan fingerprint density at radius 1 is 1.00 bits per heavy atom. The van der Waals surface area contributed by atoms with E-state index in [1.54, 1.807) is 7.11 Å². The zero-order chi connectivity index (χ0) is 17.9. The van der Waals surface area contributed by atoms with Gasteiger partial charge in [-0.3, -0.25) is 4.79 Å². The number of benzene rings is 2. The molecule has 134 valence electrons. The van der Waals surface area contributed by atoms with Gasteiger partial charge >= 0.3 is 0 Å². The van der Waals surface area contributed by atoms with Crippen LogP contribution in [0.25, 0.3) is 0 Å². The number of hydrogen-bond acceptors (Lipinski definition) is 2. The van der Waals surface area contributed by atoms with E-state index in [1.165, 1.54) is 10.5 Å². The molecule has 0 aliphatic carbocycles. The van der Waals surface area contributed by atoms with Gasteiger partial charge in [0.05, 0.1) is 20.7 Å². The number of anilines is 1. The maximum atomic E-state index is 11.9. The van der Waals surface area contributed by atoms with Crippen LogP contribution >= 0.6 is 0 Å². The SMILES string of the molecule is COc1ccc(C[NH+](C)CCCCCC(=O)Nc2ccccc2)cc1. The molecule has 2 aromatic rings. The Bertz CT molecular complexity index is 626. The van der Waals surface area contributed by atoms with Gasteiger partial charge in [0.1, 0.15) is 12.3 Å². The average Bonchev–Trinajstić information content (AvgIpc) is 2.63. The van der Waals surface area contributed by atoms with Crippen molar-refractivity contribution in [3.63, 3.8) is 0 Å². The number of hydrogen-bond donors (Lipinski definition) is 2. The van der Waals surface area contributed by atoms with Crippen LogP contribution in [0.4, 0.5) is 5.69 Å². The normalized spacial score (nSPS) is 11.8. The summed E-state index contributed by atoms with van der Waals surface area (Å²) in [5, 5.41) is 2.93. The number of nitrogens with one attached hydrogen (secondary N) is 2. The van der Waals surface area contributed by atoms with Crippen molar-refractivity contribution in [3.05, 3.63) is 60.2 Å². The number of quaternary nitrogens is 1. The van der Waals surface area contributed by atoms with E-state index >= 15 is 0 Å². The summed E-state index contributed by atoms with van der Waals surface area (Å²) in [4.78, 5) is 13.4. The van der Waals surface area contributed by atoms with E-state index in [1.807, 2.05) is 42.5 Å². The van der Waals surface area contributed by atoms with Crippen LogP contribution in [0.15, 0.2) is 54.6 Å². The van der Waals surface area contributed by atoms with E-state index in [2.05, 4.69) is 24.5 Å². The zero-order valence-corrected chi connectivity index (χ0v) is 15.3. The molecule has 1 unspecified atom stereocenters. The maximum absolute atomic E-state index is 11.9. The quantitative estimate of drug-likeness (QED) is 0.653. The highest BCUT2D eigenvalue weighted by Gasteiger charge is 2.05. The largest absolute Gasteiger partial charge is 0.497 e. The van der Waals surface area contributed by atoms with Crippen LogP contribution in [0, 0.1) is 0 Å². The minimum atomic E-state index is 0.102. The number of rotatable bonds is 10. The van der Waals surface area contributed by atoms with E-state index in [9.17, 15) is 4.79 Å². The summed E-state index contributed by atoms with van der Waals surface area (Å²) >= 11 is 0. The first-order valence-corrected chi connectivity index (χ1v) is 8.96. The van der Waals surface area contributed by atoms with Crippen molar-refractivity contribution in [1.29, 1.82) is 0 Å². The highest BCUT2D eigenvalue weighted by molar-refractivity contribution is 5.90. The molecule has 0 radical (unpaired) electrons. The number of amides is 1. The van der Waals surface area contributed by atoms with E-state index in [-0.39, 0.29) is 5.91 Å². The van der Waals surface area contributed by atoms with Crippen molar-refractivity contribution in [3.8, 4) is 5.75 Å². The van der Waals surface area contributed by atoms with Crippen LogP contribution in [-0.4, -0.2) is 26.6 Å². The molecule has 2 N–H and O–H groups in total. The fourth-order valence-electron chi connectivity index (χ4n) is 2.81. The second-order valence-corrected chi connectivity index (χ2v) is 6.46. The fourth-order valence-corrected chi connectivity index (χ4v) is 2.81. The average molecular weight is 341 g/mol. The van der Waals surface area contributed by atoms with Gasteiger partial charge in [-0.2, -0.15) is 0 Å². The predicted molar refractivity (Wildman–Crippen MR) is 102 cm³/mol. The Morgan fingerprint density at radius 3 is 2.40 bits per heavy atom. The van der Waals surface area contributed by atoms with Crippen molar-refractivity contribution >= 4 is 11.6 Å². The molecule has 0 heterocycles. The molecule has 0 spiro atoms. The molecule has 0 aliphatic rings. The molecule has 0 saturated heterocycles. The Labute approximate surface area is 150 Å². The molecule has 0 aromatic heterocycles. The number of ether oxygens (including phenoxy) is 1. The molecular formula is C21H29N2O2+. The highest BCUT2D eigenvalue weighted by Crippen LogP contribution is 2.10. The van der Waals surface area contributed by atoms with Crippen molar-refractivity contribution in [2.45, 2.75) is 32.2 Å². The van der Waals surface area contributed by atoms with Gasteiger partial charge in [-0.1, -0.05) is 18.2 Å². The van der Waals surface area contributed by atoms with Crippen LogP contribution in [0.5, 0.6) is 5.75 Å². The molecule has 2 aromatic carbocycles. The van der Waals surface area contributed by atoms with Gasteiger partial charge in [0.2, 0.25) is 5.91 Å². The molecular weight excluding hydrogens is 312 g/mol. The van der Waals surface area contributed by atoms with Gasteiger partial charge in [-0.15, -0.1) is 0 Å². The molecule has 1 amide bonds. The fraction of sp³-hybridized carbons (Fsp3) is 0.381. The van der Waals surface area contributed by atoms with Gasteiger partial charge in [0.15, 0.2) is 0 Å². The summed E-state index contributed by atoms with van der Waals surface area (Å²) in [5.41, 5.74) is 2.19. The minimum absolute atomic E-state index is 0.102. The first-order valence-electron chi connectivity index (χ1n) is 8.96. The molecule has 4 heteroatoms. The summed E-state index contributed by atoms with van der Waals surface area (Å²) in [6, 6.07) is 17.9. The molecule has 0 fully saturated rings.